The van der Waals surface area contributed by atoms with Crippen LogP contribution in [0.5, 0.6) is 0 Å². The highest BCUT2D eigenvalue weighted by Crippen LogP contribution is 2.02. The van der Waals surface area contributed by atoms with E-state index in [1.807, 2.05) is 26.1 Å². The quantitative estimate of drug-likeness (QED) is 0.411. The number of aryl methyl sites for hydroxylation is 1. The van der Waals surface area contributed by atoms with Gasteiger partial charge in [-0.3, -0.25) is 10.6 Å². The average Bonchev–Trinajstić information content (AvgIpc) is 2.84. The van der Waals surface area contributed by atoms with E-state index in [4.69, 9.17) is 4.42 Å². The summed E-state index contributed by atoms with van der Waals surface area (Å²) in [5, 5.41) is 10.6. The Labute approximate surface area is 88.5 Å². The van der Waals surface area contributed by atoms with E-state index in [-0.39, 0.29) is 0 Å². The van der Waals surface area contributed by atoms with Crippen LogP contribution in [0.25, 0.3) is 0 Å². The summed E-state index contributed by atoms with van der Waals surface area (Å²) in [7, 11) is 1.88. The first-order valence-corrected chi connectivity index (χ1v) is 4.94. The second-order valence-corrected chi connectivity index (χ2v) is 3.42. The SMILES string of the molecule is Cc1ccc(/C=N/[N+](C)=C2NCCN2)o1. The first kappa shape index (κ1) is 9.76. The van der Waals surface area contributed by atoms with Gasteiger partial charge in [0.25, 0.3) is 0 Å². The molecule has 0 bridgehead atoms. The van der Waals surface area contributed by atoms with Gasteiger partial charge in [0, 0.05) is 0 Å². The molecule has 0 atom stereocenters. The lowest BCUT2D eigenvalue weighted by Crippen LogP contribution is -2.31. The maximum Gasteiger partial charge on any atom is 0.369 e. The van der Waals surface area contributed by atoms with E-state index < -0.39 is 0 Å². The Bertz CT molecular complexity index is 397. The second kappa shape index (κ2) is 4.16. The fourth-order valence-corrected chi connectivity index (χ4v) is 1.38. The zero-order valence-corrected chi connectivity index (χ0v) is 8.95. The maximum absolute atomic E-state index is 5.37. The molecule has 2 rings (SSSR count). The van der Waals surface area contributed by atoms with Crippen molar-refractivity contribution >= 4 is 12.2 Å². The Balaban J connectivity index is 2.08. The third-order valence-corrected chi connectivity index (χ3v) is 2.15. The van der Waals surface area contributed by atoms with Gasteiger partial charge in [-0.15, -0.1) is 9.79 Å². The van der Waals surface area contributed by atoms with Crippen molar-refractivity contribution in [3.8, 4) is 0 Å². The molecule has 2 N–H and O–H groups in total. The van der Waals surface area contributed by atoms with Crippen LogP contribution >= 0.6 is 0 Å². The zero-order chi connectivity index (χ0) is 10.7. The molecule has 0 spiro atoms. The van der Waals surface area contributed by atoms with Crippen LogP contribution in [0.2, 0.25) is 0 Å². The van der Waals surface area contributed by atoms with Gasteiger partial charge in [-0.05, 0) is 19.1 Å². The van der Waals surface area contributed by atoms with Crippen LogP contribution in [-0.4, -0.2) is 37.0 Å². The van der Waals surface area contributed by atoms with Gasteiger partial charge in [0.2, 0.25) is 0 Å². The molecule has 5 heteroatoms. The van der Waals surface area contributed by atoms with Gasteiger partial charge < -0.3 is 4.42 Å². The number of hydrogen-bond donors (Lipinski definition) is 2. The summed E-state index contributed by atoms with van der Waals surface area (Å²) >= 11 is 0. The molecule has 15 heavy (non-hydrogen) atoms. The third-order valence-electron chi connectivity index (χ3n) is 2.15. The molecule has 0 radical (unpaired) electrons. The van der Waals surface area contributed by atoms with Crippen LogP contribution in [0.1, 0.15) is 11.5 Å². The van der Waals surface area contributed by atoms with Crippen LogP contribution in [0.4, 0.5) is 0 Å². The molecule has 0 aliphatic carbocycles. The van der Waals surface area contributed by atoms with Gasteiger partial charge in [0.1, 0.15) is 17.7 Å². The van der Waals surface area contributed by atoms with Crippen molar-refractivity contribution in [2.45, 2.75) is 6.92 Å². The number of hydrazone groups is 1. The van der Waals surface area contributed by atoms with E-state index in [1.54, 1.807) is 10.9 Å². The summed E-state index contributed by atoms with van der Waals surface area (Å²) in [4.78, 5) is 0. The van der Waals surface area contributed by atoms with Crippen molar-refractivity contribution in [1.29, 1.82) is 0 Å². The first-order valence-electron chi connectivity index (χ1n) is 4.94. The van der Waals surface area contributed by atoms with E-state index in [9.17, 15) is 0 Å². The summed E-state index contributed by atoms with van der Waals surface area (Å²) < 4.78 is 7.13. The lowest BCUT2D eigenvalue weighted by atomic mass is 10.4. The molecule has 5 nitrogen and oxygen atoms in total. The maximum atomic E-state index is 5.37. The van der Waals surface area contributed by atoms with Crippen molar-refractivity contribution in [2.24, 2.45) is 5.10 Å². The van der Waals surface area contributed by atoms with Crippen molar-refractivity contribution in [2.75, 3.05) is 20.1 Å². The van der Waals surface area contributed by atoms with Crippen molar-refractivity contribution in [3.63, 3.8) is 0 Å². The molecule has 0 amide bonds. The van der Waals surface area contributed by atoms with E-state index >= 15 is 0 Å². The largest absolute Gasteiger partial charge is 0.460 e. The van der Waals surface area contributed by atoms with Gasteiger partial charge in [-0.2, -0.15) is 0 Å². The molecule has 1 saturated heterocycles. The fraction of sp³-hybridized carbons (Fsp3) is 0.400. The molecule has 1 aromatic rings. The first-order chi connectivity index (χ1) is 7.25. The molecule has 0 saturated carbocycles. The molecule has 1 aliphatic rings. The number of guanidine groups is 1. The predicted molar refractivity (Wildman–Crippen MR) is 58.2 cm³/mol. The predicted octanol–water partition coefficient (Wildman–Crippen LogP) is 0.113. The lowest BCUT2D eigenvalue weighted by molar-refractivity contribution is -0.505. The van der Waals surface area contributed by atoms with Gasteiger partial charge in [-0.25, -0.2) is 0 Å². The number of nitrogens with one attached hydrogen (secondary N) is 2. The van der Waals surface area contributed by atoms with Crippen LogP contribution < -0.4 is 10.6 Å². The average molecular weight is 207 g/mol. The summed E-state index contributed by atoms with van der Waals surface area (Å²) in [5.41, 5.74) is 0. The molecule has 0 aromatic carbocycles. The van der Waals surface area contributed by atoms with Crippen LogP contribution in [0.15, 0.2) is 21.7 Å². The Kier molecular flexibility index (Phi) is 2.71. The van der Waals surface area contributed by atoms with E-state index in [0.717, 1.165) is 30.6 Å². The summed E-state index contributed by atoms with van der Waals surface area (Å²) in [6.07, 6.45) is 1.70. The topological polar surface area (TPSA) is 52.6 Å². The molecule has 1 aliphatic heterocycles. The van der Waals surface area contributed by atoms with Crippen LogP contribution in [0.3, 0.4) is 0 Å². The summed E-state index contributed by atoms with van der Waals surface area (Å²) in [5.74, 6) is 2.58. The Morgan fingerprint density at radius 2 is 2.13 bits per heavy atom. The van der Waals surface area contributed by atoms with Gasteiger partial charge in [0.15, 0.2) is 0 Å². The molecular weight excluding hydrogens is 192 g/mol. The van der Waals surface area contributed by atoms with E-state index in [1.165, 1.54) is 0 Å². The number of nitrogens with zero attached hydrogens (tertiary/aromatic N) is 2. The van der Waals surface area contributed by atoms with Crippen LogP contribution in [0, 0.1) is 6.92 Å². The minimum absolute atomic E-state index is 0.762. The lowest BCUT2D eigenvalue weighted by Gasteiger charge is -1.95. The summed E-state index contributed by atoms with van der Waals surface area (Å²) in [6, 6.07) is 3.81. The highest BCUT2D eigenvalue weighted by molar-refractivity contribution is 5.78. The van der Waals surface area contributed by atoms with Crippen molar-refractivity contribution in [1.82, 2.24) is 10.6 Å². The number of furan rings is 1. The minimum Gasteiger partial charge on any atom is -0.460 e. The van der Waals surface area contributed by atoms with Gasteiger partial charge in [0.05, 0.1) is 20.1 Å². The monoisotopic (exact) mass is 207 g/mol. The molecule has 80 valence electrons. The minimum atomic E-state index is 0.762. The molecule has 0 unspecified atom stereocenters. The molecular formula is C10H15N4O+. The van der Waals surface area contributed by atoms with Gasteiger partial charge >= 0.3 is 5.96 Å². The Hall–Kier alpha value is -1.78. The van der Waals surface area contributed by atoms with E-state index in [0.29, 0.717) is 0 Å². The number of hydrogen-bond acceptors (Lipinski definition) is 2. The summed E-state index contributed by atoms with van der Waals surface area (Å²) in [6.45, 7) is 3.79. The standard InChI is InChI=1S/C10H14N4O/c1-8-3-4-9(15-8)7-13-14(2)10-11-5-6-12-10/h3-4,7H,5-6H2,1-2H3,(H,11,12)/p+1/b13-7+. The van der Waals surface area contributed by atoms with E-state index in [2.05, 4.69) is 15.7 Å². The fourth-order valence-electron chi connectivity index (χ4n) is 1.38. The van der Waals surface area contributed by atoms with Crippen molar-refractivity contribution < 1.29 is 9.10 Å². The Morgan fingerprint density at radius 3 is 2.73 bits per heavy atom. The van der Waals surface area contributed by atoms with Crippen molar-refractivity contribution in [3.05, 3.63) is 23.7 Å². The van der Waals surface area contributed by atoms with Crippen LogP contribution in [-0.2, 0) is 0 Å². The zero-order valence-electron chi connectivity index (χ0n) is 8.95. The second-order valence-electron chi connectivity index (χ2n) is 3.42. The highest BCUT2D eigenvalue weighted by atomic mass is 16.3. The smallest absolute Gasteiger partial charge is 0.369 e. The Morgan fingerprint density at radius 1 is 1.40 bits per heavy atom. The normalized spacial score (nSPS) is 15.5. The molecule has 2 heterocycles. The number of rotatable bonds is 2. The molecule has 1 aromatic heterocycles. The van der Waals surface area contributed by atoms with Gasteiger partial charge in [-0.1, -0.05) is 0 Å². The third kappa shape index (κ3) is 2.37. The molecule has 1 fully saturated rings. The highest BCUT2D eigenvalue weighted by Gasteiger charge is 2.15.